The minimum atomic E-state index is -0.211. The minimum absolute atomic E-state index is 0.0937. The number of nitrogens with zero attached hydrogens (tertiary/aromatic N) is 4. The van der Waals surface area contributed by atoms with Gasteiger partial charge in [-0.2, -0.15) is 11.8 Å². The molecule has 0 aliphatic carbocycles. The van der Waals surface area contributed by atoms with Crippen LogP contribution in [0.25, 0.3) is 0 Å². The molecule has 0 aliphatic heterocycles. The van der Waals surface area contributed by atoms with Crippen LogP contribution in [0.4, 0.5) is 10.3 Å². The van der Waals surface area contributed by atoms with E-state index in [1.54, 1.807) is 18.7 Å². The van der Waals surface area contributed by atoms with Crippen molar-refractivity contribution in [3.8, 4) is 0 Å². The minimum Gasteiger partial charge on any atom is -0.466 e. The molecule has 0 unspecified atom stereocenters. The van der Waals surface area contributed by atoms with Gasteiger partial charge in [0.05, 0.1) is 13.0 Å². The summed E-state index contributed by atoms with van der Waals surface area (Å²) in [4.78, 5) is 32.2. The standard InChI is InChI=1S/C17H18N6O2S3.C4H8O2.C2H6/c24-11-18-16-22-20-14(27-16)6-8-26-9-7-15-21-23-17(28-15)19-13(25)10-12-4-2-1-3-5-12;1-3-6-4(2)5;1-2/h1-5,11H,6-10H2,(H,18,22,24)(H,19,23,25);3H2,1-2H3;1-2H3. The highest BCUT2D eigenvalue weighted by molar-refractivity contribution is 7.99. The lowest BCUT2D eigenvalue weighted by atomic mass is 10.1. The van der Waals surface area contributed by atoms with E-state index in [0.717, 1.165) is 39.9 Å². The van der Waals surface area contributed by atoms with Crippen molar-refractivity contribution < 1.29 is 19.1 Å². The molecule has 36 heavy (non-hydrogen) atoms. The van der Waals surface area contributed by atoms with Crippen LogP contribution in [-0.2, 0) is 38.4 Å². The number of carbonyl (C=O) groups excluding carboxylic acids is 3. The maximum atomic E-state index is 12.1. The van der Waals surface area contributed by atoms with Gasteiger partial charge in [0.2, 0.25) is 22.6 Å². The molecule has 3 rings (SSSR count). The molecule has 0 aliphatic rings. The second-order valence-electron chi connectivity index (χ2n) is 6.51. The number of aryl methyl sites for hydroxylation is 2. The van der Waals surface area contributed by atoms with Crippen LogP contribution in [0.15, 0.2) is 30.3 Å². The fourth-order valence-electron chi connectivity index (χ4n) is 2.44. The van der Waals surface area contributed by atoms with Crippen LogP contribution < -0.4 is 10.6 Å². The molecule has 0 atom stereocenters. The summed E-state index contributed by atoms with van der Waals surface area (Å²) < 4.78 is 4.40. The third-order valence-corrected chi connectivity index (χ3v) is 6.64. The topological polar surface area (TPSA) is 136 Å². The lowest BCUT2D eigenvalue weighted by Gasteiger charge is -2.00. The van der Waals surface area contributed by atoms with E-state index in [9.17, 15) is 14.4 Å². The van der Waals surface area contributed by atoms with Crippen LogP contribution in [0, 0.1) is 0 Å². The van der Waals surface area contributed by atoms with Crippen LogP contribution in [0.1, 0.15) is 43.3 Å². The highest BCUT2D eigenvalue weighted by Gasteiger charge is 2.09. The van der Waals surface area contributed by atoms with Gasteiger partial charge in [-0.15, -0.1) is 20.4 Å². The van der Waals surface area contributed by atoms with Gasteiger partial charge in [-0.25, -0.2) is 0 Å². The van der Waals surface area contributed by atoms with E-state index in [2.05, 4.69) is 35.8 Å². The van der Waals surface area contributed by atoms with Crippen LogP contribution in [-0.4, -0.2) is 56.8 Å². The van der Waals surface area contributed by atoms with E-state index in [1.807, 2.05) is 44.2 Å². The SMILES string of the molecule is CC.CCOC(C)=O.O=CNc1nnc(CCSCCc2nnc(NC(=O)Cc3ccccc3)s2)s1. The number of anilines is 2. The number of aromatic nitrogens is 4. The number of hydrogen-bond acceptors (Lipinski definition) is 11. The van der Waals surface area contributed by atoms with Gasteiger partial charge in [0.25, 0.3) is 0 Å². The van der Waals surface area contributed by atoms with Crippen molar-refractivity contribution in [2.24, 2.45) is 0 Å². The van der Waals surface area contributed by atoms with Crippen molar-refractivity contribution in [2.45, 2.75) is 47.0 Å². The van der Waals surface area contributed by atoms with Crippen LogP contribution in [0.2, 0.25) is 0 Å². The quantitative estimate of drug-likeness (QED) is 0.192. The Bertz CT molecular complexity index is 1030. The Morgan fingerprint density at radius 3 is 2.08 bits per heavy atom. The predicted molar refractivity (Wildman–Crippen MR) is 147 cm³/mol. The molecule has 3 aromatic rings. The number of nitrogens with one attached hydrogen (secondary N) is 2. The number of ether oxygens (including phenoxy) is 1. The van der Waals surface area contributed by atoms with Gasteiger partial charge in [-0.1, -0.05) is 66.9 Å². The second-order valence-corrected chi connectivity index (χ2v) is 9.86. The third kappa shape index (κ3) is 13.9. The first kappa shape index (κ1) is 31.1. The van der Waals surface area contributed by atoms with E-state index in [-0.39, 0.29) is 11.9 Å². The zero-order chi connectivity index (χ0) is 26.6. The molecule has 0 saturated carbocycles. The van der Waals surface area contributed by atoms with Crippen LogP contribution in [0.5, 0.6) is 0 Å². The van der Waals surface area contributed by atoms with Crippen molar-refractivity contribution in [2.75, 3.05) is 28.7 Å². The predicted octanol–water partition coefficient (Wildman–Crippen LogP) is 4.25. The Morgan fingerprint density at radius 2 is 1.56 bits per heavy atom. The number of benzene rings is 1. The summed E-state index contributed by atoms with van der Waals surface area (Å²) in [6.45, 7) is 7.65. The first-order valence-electron chi connectivity index (χ1n) is 11.4. The molecule has 2 N–H and O–H groups in total. The summed E-state index contributed by atoms with van der Waals surface area (Å²) in [5, 5.41) is 24.2. The maximum Gasteiger partial charge on any atom is 0.302 e. The summed E-state index contributed by atoms with van der Waals surface area (Å²) in [7, 11) is 0. The average Bonchev–Trinajstić information content (AvgIpc) is 3.50. The third-order valence-electron chi connectivity index (χ3n) is 3.84. The lowest BCUT2D eigenvalue weighted by molar-refractivity contribution is -0.140. The number of thioether (sulfide) groups is 1. The van der Waals surface area contributed by atoms with Crippen molar-refractivity contribution in [3.63, 3.8) is 0 Å². The zero-order valence-electron chi connectivity index (χ0n) is 20.9. The Morgan fingerprint density at radius 1 is 0.972 bits per heavy atom. The highest BCUT2D eigenvalue weighted by Crippen LogP contribution is 2.19. The van der Waals surface area contributed by atoms with Crippen molar-refractivity contribution in [1.82, 2.24) is 20.4 Å². The summed E-state index contributed by atoms with van der Waals surface area (Å²) in [5.41, 5.74) is 0.964. The van der Waals surface area contributed by atoms with Crippen LogP contribution in [0.3, 0.4) is 0 Å². The van der Waals surface area contributed by atoms with Gasteiger partial charge in [-0.3, -0.25) is 14.4 Å². The number of esters is 1. The summed E-state index contributed by atoms with van der Waals surface area (Å²) >= 11 is 4.58. The molecule has 2 heterocycles. The summed E-state index contributed by atoms with van der Waals surface area (Å²) in [6.07, 6.45) is 2.52. The smallest absolute Gasteiger partial charge is 0.302 e. The van der Waals surface area contributed by atoms with E-state index in [0.29, 0.717) is 29.7 Å². The van der Waals surface area contributed by atoms with E-state index >= 15 is 0 Å². The maximum absolute atomic E-state index is 12.1. The largest absolute Gasteiger partial charge is 0.466 e. The number of carbonyl (C=O) groups is 3. The molecule has 0 radical (unpaired) electrons. The molecule has 196 valence electrons. The fraction of sp³-hybridized carbons (Fsp3) is 0.435. The Kier molecular flexibility index (Phi) is 16.7. The lowest BCUT2D eigenvalue weighted by Crippen LogP contribution is -2.14. The normalized spacial score (nSPS) is 9.67. The molecular weight excluding hydrogens is 520 g/mol. The molecule has 2 aromatic heterocycles. The monoisotopic (exact) mass is 552 g/mol. The average molecular weight is 553 g/mol. The molecule has 0 bridgehead atoms. The van der Waals surface area contributed by atoms with Gasteiger partial charge >= 0.3 is 5.97 Å². The first-order chi connectivity index (χ1) is 17.5. The summed E-state index contributed by atoms with van der Waals surface area (Å²) in [5.74, 6) is 1.52. The second kappa shape index (κ2) is 19.3. The Labute approximate surface area is 223 Å². The van der Waals surface area contributed by atoms with Gasteiger partial charge in [-0.05, 0) is 24.0 Å². The number of rotatable bonds is 12. The van der Waals surface area contributed by atoms with Crippen molar-refractivity contribution in [3.05, 3.63) is 45.9 Å². The molecule has 10 nitrogen and oxygen atoms in total. The van der Waals surface area contributed by atoms with Gasteiger partial charge in [0, 0.05) is 19.8 Å². The summed E-state index contributed by atoms with van der Waals surface area (Å²) in [6, 6.07) is 9.59. The van der Waals surface area contributed by atoms with E-state index in [1.165, 1.54) is 29.6 Å². The number of amides is 2. The molecule has 0 saturated heterocycles. The molecule has 2 amide bonds. The number of hydrogen-bond donors (Lipinski definition) is 2. The van der Waals surface area contributed by atoms with Gasteiger partial charge in [0.1, 0.15) is 10.0 Å². The van der Waals surface area contributed by atoms with E-state index in [4.69, 9.17) is 0 Å². The molecule has 0 fully saturated rings. The Balaban J connectivity index is 0.000000710. The zero-order valence-corrected chi connectivity index (χ0v) is 23.3. The van der Waals surface area contributed by atoms with Gasteiger partial charge < -0.3 is 15.4 Å². The molecule has 0 spiro atoms. The highest BCUT2D eigenvalue weighted by atomic mass is 32.2. The van der Waals surface area contributed by atoms with Crippen molar-refractivity contribution in [1.29, 1.82) is 0 Å². The van der Waals surface area contributed by atoms with Crippen LogP contribution >= 0.6 is 34.4 Å². The Hall–Kier alpha value is -2.90. The molecular formula is C23H32N6O4S3. The fourth-order valence-corrected chi connectivity index (χ4v) is 5.03. The van der Waals surface area contributed by atoms with Crippen molar-refractivity contribution >= 4 is 63.0 Å². The van der Waals surface area contributed by atoms with E-state index < -0.39 is 0 Å². The first-order valence-corrected chi connectivity index (χ1v) is 14.2. The molecule has 1 aromatic carbocycles. The molecule has 13 heteroatoms. The van der Waals surface area contributed by atoms with Gasteiger partial charge in [0.15, 0.2) is 0 Å².